The minimum absolute atomic E-state index is 0.395. The summed E-state index contributed by atoms with van der Waals surface area (Å²) in [6, 6.07) is 7.91. The van der Waals surface area contributed by atoms with Crippen LogP contribution in [0, 0.1) is 17.8 Å². The zero-order valence-corrected chi connectivity index (χ0v) is 13.0. The van der Waals surface area contributed by atoms with Gasteiger partial charge in [-0.05, 0) is 56.0 Å². The lowest BCUT2D eigenvalue weighted by atomic mass is 10.2. The quantitative estimate of drug-likeness (QED) is 0.746. The largest absolute Gasteiger partial charge is 0.492 e. The van der Waals surface area contributed by atoms with Gasteiger partial charge in [0.15, 0.2) is 0 Å². The van der Waals surface area contributed by atoms with Gasteiger partial charge in [0.25, 0.3) is 0 Å². The first-order valence-electron chi connectivity index (χ1n) is 7.96. The maximum absolute atomic E-state index is 5.83. The summed E-state index contributed by atoms with van der Waals surface area (Å²) >= 11 is 0. The molecule has 3 nitrogen and oxygen atoms in total. The van der Waals surface area contributed by atoms with Gasteiger partial charge in [0, 0.05) is 18.7 Å². The van der Waals surface area contributed by atoms with E-state index in [1.807, 2.05) is 24.3 Å². The molecule has 2 rings (SSSR count). The van der Waals surface area contributed by atoms with Gasteiger partial charge in [0.05, 0.1) is 6.54 Å². The lowest BCUT2D eigenvalue weighted by Gasteiger charge is -2.21. The Balaban J connectivity index is 1.73. The average Bonchev–Trinajstić information content (AvgIpc) is 3.30. The molecule has 0 aliphatic heterocycles. The molecule has 1 aliphatic carbocycles. The van der Waals surface area contributed by atoms with Crippen LogP contribution in [0.5, 0.6) is 5.75 Å². The van der Waals surface area contributed by atoms with E-state index in [1.165, 1.54) is 32.4 Å². The first kappa shape index (κ1) is 15.9. The van der Waals surface area contributed by atoms with Gasteiger partial charge in [-0.25, -0.2) is 0 Å². The molecule has 0 spiro atoms. The van der Waals surface area contributed by atoms with Gasteiger partial charge in [-0.3, -0.25) is 4.90 Å². The summed E-state index contributed by atoms with van der Waals surface area (Å²) in [4.78, 5) is 2.53. The third kappa shape index (κ3) is 6.20. The predicted molar refractivity (Wildman–Crippen MR) is 87.3 cm³/mol. The standard InChI is InChI=1S/C18H26N2O/c1-2-12-20(15-17-5-6-17)13-14-21-18-9-7-16(8-10-18)4-3-11-19/h7-10,17H,2,5-6,11-15,19H2,1H3. The van der Waals surface area contributed by atoms with Crippen molar-refractivity contribution in [2.75, 3.05) is 32.8 Å². The molecule has 114 valence electrons. The van der Waals surface area contributed by atoms with Crippen LogP contribution in [0.3, 0.4) is 0 Å². The van der Waals surface area contributed by atoms with Crippen molar-refractivity contribution in [3.05, 3.63) is 29.8 Å². The fourth-order valence-corrected chi connectivity index (χ4v) is 2.36. The fraction of sp³-hybridized carbons (Fsp3) is 0.556. The number of hydrogen-bond donors (Lipinski definition) is 1. The van der Waals surface area contributed by atoms with E-state index in [0.29, 0.717) is 6.54 Å². The van der Waals surface area contributed by atoms with Crippen LogP contribution in [0.15, 0.2) is 24.3 Å². The summed E-state index contributed by atoms with van der Waals surface area (Å²) in [5.41, 5.74) is 6.34. The van der Waals surface area contributed by atoms with Crippen LogP contribution < -0.4 is 10.5 Å². The van der Waals surface area contributed by atoms with Gasteiger partial charge in [-0.15, -0.1) is 0 Å². The number of nitrogens with zero attached hydrogens (tertiary/aromatic N) is 1. The lowest BCUT2D eigenvalue weighted by Crippen LogP contribution is -2.31. The molecule has 21 heavy (non-hydrogen) atoms. The van der Waals surface area contributed by atoms with E-state index >= 15 is 0 Å². The van der Waals surface area contributed by atoms with Gasteiger partial charge in [-0.1, -0.05) is 18.8 Å². The van der Waals surface area contributed by atoms with E-state index in [9.17, 15) is 0 Å². The van der Waals surface area contributed by atoms with Gasteiger partial charge in [-0.2, -0.15) is 0 Å². The zero-order chi connectivity index (χ0) is 14.9. The summed E-state index contributed by atoms with van der Waals surface area (Å²) in [5.74, 6) is 7.72. The molecule has 1 aromatic rings. The zero-order valence-electron chi connectivity index (χ0n) is 13.0. The Morgan fingerprint density at radius 2 is 2.00 bits per heavy atom. The second-order valence-corrected chi connectivity index (χ2v) is 5.62. The van der Waals surface area contributed by atoms with Crippen molar-refractivity contribution in [1.29, 1.82) is 0 Å². The predicted octanol–water partition coefficient (Wildman–Crippen LogP) is 2.50. The second-order valence-electron chi connectivity index (χ2n) is 5.62. The minimum atomic E-state index is 0.395. The van der Waals surface area contributed by atoms with Gasteiger partial charge in [0.2, 0.25) is 0 Å². The minimum Gasteiger partial charge on any atom is -0.492 e. The Morgan fingerprint density at radius 1 is 1.24 bits per heavy atom. The van der Waals surface area contributed by atoms with E-state index < -0.39 is 0 Å². The van der Waals surface area contributed by atoms with Crippen LogP contribution in [0.25, 0.3) is 0 Å². The molecule has 1 aromatic carbocycles. The highest BCUT2D eigenvalue weighted by molar-refractivity contribution is 5.38. The van der Waals surface area contributed by atoms with Crippen molar-refractivity contribution < 1.29 is 4.74 Å². The van der Waals surface area contributed by atoms with Gasteiger partial charge < -0.3 is 10.5 Å². The second kappa shape index (κ2) is 8.71. The van der Waals surface area contributed by atoms with Crippen LogP contribution in [-0.4, -0.2) is 37.7 Å². The van der Waals surface area contributed by atoms with Crippen molar-refractivity contribution in [2.45, 2.75) is 26.2 Å². The first-order chi connectivity index (χ1) is 10.3. The molecule has 0 heterocycles. The summed E-state index contributed by atoms with van der Waals surface area (Å²) < 4.78 is 5.83. The third-order valence-electron chi connectivity index (χ3n) is 3.62. The highest BCUT2D eigenvalue weighted by Gasteiger charge is 2.23. The van der Waals surface area contributed by atoms with E-state index in [1.54, 1.807) is 0 Å². The fourth-order valence-electron chi connectivity index (χ4n) is 2.36. The summed E-state index contributed by atoms with van der Waals surface area (Å²) in [7, 11) is 0. The number of benzene rings is 1. The van der Waals surface area contributed by atoms with Gasteiger partial charge >= 0.3 is 0 Å². The molecular weight excluding hydrogens is 260 g/mol. The number of nitrogens with two attached hydrogens (primary N) is 1. The molecule has 3 heteroatoms. The highest BCUT2D eigenvalue weighted by atomic mass is 16.5. The summed E-state index contributed by atoms with van der Waals surface area (Å²) in [6.07, 6.45) is 4.03. The molecule has 0 bridgehead atoms. The van der Waals surface area contributed by atoms with E-state index in [4.69, 9.17) is 10.5 Å². The molecule has 0 amide bonds. The average molecular weight is 286 g/mol. The van der Waals surface area contributed by atoms with Crippen molar-refractivity contribution in [3.8, 4) is 17.6 Å². The Morgan fingerprint density at radius 3 is 2.62 bits per heavy atom. The van der Waals surface area contributed by atoms with Crippen molar-refractivity contribution >= 4 is 0 Å². The maximum Gasteiger partial charge on any atom is 0.119 e. The molecular formula is C18H26N2O. The topological polar surface area (TPSA) is 38.5 Å². The summed E-state index contributed by atoms with van der Waals surface area (Å²) in [6.45, 7) is 6.81. The van der Waals surface area contributed by atoms with Crippen LogP contribution in [0.1, 0.15) is 31.7 Å². The Bertz CT molecular complexity index is 468. The normalized spacial score (nSPS) is 13.9. The Kier molecular flexibility index (Phi) is 6.59. The molecule has 0 aromatic heterocycles. The van der Waals surface area contributed by atoms with E-state index in [-0.39, 0.29) is 0 Å². The molecule has 1 saturated carbocycles. The number of hydrogen-bond acceptors (Lipinski definition) is 3. The van der Waals surface area contributed by atoms with E-state index in [0.717, 1.165) is 30.4 Å². The van der Waals surface area contributed by atoms with Crippen molar-refractivity contribution in [2.24, 2.45) is 11.7 Å². The first-order valence-corrected chi connectivity index (χ1v) is 7.96. The Labute approximate surface area is 128 Å². The smallest absolute Gasteiger partial charge is 0.119 e. The Hall–Kier alpha value is -1.50. The monoisotopic (exact) mass is 286 g/mol. The molecule has 2 N–H and O–H groups in total. The summed E-state index contributed by atoms with van der Waals surface area (Å²) in [5, 5.41) is 0. The van der Waals surface area contributed by atoms with Crippen molar-refractivity contribution in [3.63, 3.8) is 0 Å². The lowest BCUT2D eigenvalue weighted by molar-refractivity contribution is 0.203. The molecule has 0 saturated heterocycles. The maximum atomic E-state index is 5.83. The molecule has 0 unspecified atom stereocenters. The molecule has 1 fully saturated rings. The van der Waals surface area contributed by atoms with Gasteiger partial charge in [0.1, 0.15) is 12.4 Å². The number of rotatable bonds is 8. The highest BCUT2D eigenvalue weighted by Crippen LogP contribution is 2.29. The van der Waals surface area contributed by atoms with Crippen LogP contribution >= 0.6 is 0 Å². The van der Waals surface area contributed by atoms with Crippen LogP contribution in [0.4, 0.5) is 0 Å². The van der Waals surface area contributed by atoms with Crippen molar-refractivity contribution in [1.82, 2.24) is 4.90 Å². The third-order valence-corrected chi connectivity index (χ3v) is 3.62. The number of ether oxygens (including phenoxy) is 1. The molecule has 0 atom stereocenters. The van der Waals surface area contributed by atoms with E-state index in [2.05, 4.69) is 23.7 Å². The SMILES string of the molecule is CCCN(CCOc1ccc(C#CCN)cc1)CC1CC1. The van der Waals surface area contributed by atoms with Crippen LogP contribution in [0.2, 0.25) is 0 Å². The molecule has 1 aliphatic rings. The molecule has 0 radical (unpaired) electrons. The van der Waals surface area contributed by atoms with Crippen LogP contribution in [-0.2, 0) is 0 Å².